The van der Waals surface area contributed by atoms with Crippen LogP contribution in [0.4, 0.5) is 0 Å². The van der Waals surface area contributed by atoms with Crippen LogP contribution in [0.3, 0.4) is 0 Å². The van der Waals surface area contributed by atoms with Gasteiger partial charge in [-0.25, -0.2) is 4.98 Å². The van der Waals surface area contributed by atoms with E-state index in [1.807, 2.05) is 24.3 Å². The number of ether oxygens (including phenoxy) is 1. The molecule has 1 amide bonds. The van der Waals surface area contributed by atoms with E-state index in [1.165, 1.54) is 11.1 Å². The Labute approximate surface area is 183 Å². The maximum absolute atomic E-state index is 12.5. The van der Waals surface area contributed by atoms with Crippen LogP contribution in [-0.2, 0) is 6.54 Å². The van der Waals surface area contributed by atoms with Crippen LogP contribution >= 0.6 is 0 Å². The molecule has 3 aromatic rings. The predicted octanol–water partition coefficient (Wildman–Crippen LogP) is 4.13. The Kier molecular flexibility index (Phi) is 6.37. The highest BCUT2D eigenvalue weighted by Gasteiger charge is 2.26. The fraction of sp³-hybridized carbons (Fsp3) is 0.360. The van der Waals surface area contributed by atoms with Crippen molar-refractivity contribution in [2.24, 2.45) is 0 Å². The number of hydrogen-bond donors (Lipinski definition) is 2. The lowest BCUT2D eigenvalue weighted by Crippen LogP contribution is -2.33. The largest absolute Gasteiger partial charge is 0.497 e. The molecule has 2 heterocycles. The van der Waals surface area contributed by atoms with E-state index in [1.54, 1.807) is 14.2 Å². The van der Waals surface area contributed by atoms with Gasteiger partial charge in [0.2, 0.25) is 0 Å². The molecule has 6 heteroatoms. The summed E-state index contributed by atoms with van der Waals surface area (Å²) in [4.78, 5) is 23.2. The highest BCUT2D eigenvalue weighted by Crippen LogP contribution is 2.31. The molecule has 31 heavy (non-hydrogen) atoms. The van der Waals surface area contributed by atoms with Crippen molar-refractivity contribution in [1.29, 1.82) is 0 Å². The summed E-state index contributed by atoms with van der Waals surface area (Å²) in [6.45, 7) is 5.20. The molecule has 0 aliphatic carbocycles. The predicted molar refractivity (Wildman–Crippen MR) is 122 cm³/mol. The summed E-state index contributed by atoms with van der Waals surface area (Å²) in [6, 6.07) is 16.2. The number of carbonyl (C=O) groups excluding carboxylic acids is 1. The molecule has 1 fully saturated rings. The Morgan fingerprint density at radius 2 is 1.87 bits per heavy atom. The number of benzene rings is 2. The third-order valence-electron chi connectivity index (χ3n) is 6.17. The van der Waals surface area contributed by atoms with Crippen molar-refractivity contribution < 1.29 is 9.53 Å². The molecule has 4 rings (SSSR count). The first kappa shape index (κ1) is 21.1. The van der Waals surface area contributed by atoms with E-state index in [0.717, 1.165) is 49.6 Å². The summed E-state index contributed by atoms with van der Waals surface area (Å²) < 4.78 is 5.25. The number of rotatable bonds is 6. The highest BCUT2D eigenvalue weighted by atomic mass is 16.5. The molecule has 0 bridgehead atoms. The Balaban J connectivity index is 1.50. The first-order valence-corrected chi connectivity index (χ1v) is 10.8. The maximum atomic E-state index is 12.5. The summed E-state index contributed by atoms with van der Waals surface area (Å²) in [7, 11) is 3.29. The minimum Gasteiger partial charge on any atom is -0.497 e. The van der Waals surface area contributed by atoms with E-state index in [4.69, 9.17) is 9.72 Å². The molecule has 1 aliphatic heterocycles. The van der Waals surface area contributed by atoms with Gasteiger partial charge in [-0.05, 0) is 68.2 Å². The molecule has 1 aliphatic rings. The zero-order valence-electron chi connectivity index (χ0n) is 18.4. The van der Waals surface area contributed by atoms with Gasteiger partial charge in [0.15, 0.2) is 0 Å². The number of nitrogens with one attached hydrogen (secondary N) is 2. The van der Waals surface area contributed by atoms with Crippen molar-refractivity contribution in [2.45, 2.75) is 32.2 Å². The second-order valence-corrected chi connectivity index (χ2v) is 8.13. The molecule has 1 saturated heterocycles. The molecule has 2 aromatic carbocycles. The van der Waals surface area contributed by atoms with E-state index < -0.39 is 0 Å². The molecule has 1 aromatic heterocycles. The minimum absolute atomic E-state index is 0.151. The Morgan fingerprint density at radius 3 is 2.52 bits per heavy atom. The van der Waals surface area contributed by atoms with Crippen LogP contribution in [0.1, 0.15) is 46.2 Å². The number of carbonyl (C=O) groups is 1. The van der Waals surface area contributed by atoms with Gasteiger partial charge in [0, 0.05) is 25.1 Å². The van der Waals surface area contributed by atoms with E-state index in [-0.39, 0.29) is 5.91 Å². The molecule has 0 saturated carbocycles. The normalized spacial score (nSPS) is 15.1. The number of methoxy groups -OCH3 is 1. The molecular weight excluding hydrogens is 388 g/mol. The lowest BCUT2D eigenvalue weighted by Gasteiger charge is -2.31. The SMILES string of the molecule is CNC(=O)c1[nH]c(C2CCN(Cc3ccccc3C)CC2)nc1-c1ccc(OC)cc1. The number of imidazole rings is 1. The Bertz CT molecular complexity index is 1030. The average molecular weight is 419 g/mol. The van der Waals surface area contributed by atoms with Crippen molar-refractivity contribution in [3.05, 3.63) is 71.2 Å². The number of aryl methyl sites for hydroxylation is 1. The first-order chi connectivity index (χ1) is 15.1. The van der Waals surface area contributed by atoms with Gasteiger partial charge in [0.25, 0.3) is 5.91 Å². The van der Waals surface area contributed by atoms with Crippen molar-refractivity contribution in [2.75, 3.05) is 27.2 Å². The zero-order valence-corrected chi connectivity index (χ0v) is 18.4. The molecule has 162 valence electrons. The van der Waals surface area contributed by atoms with Crippen LogP contribution in [0, 0.1) is 6.92 Å². The van der Waals surface area contributed by atoms with E-state index >= 15 is 0 Å². The van der Waals surface area contributed by atoms with Gasteiger partial charge >= 0.3 is 0 Å². The number of piperidine rings is 1. The van der Waals surface area contributed by atoms with Gasteiger partial charge in [-0.1, -0.05) is 24.3 Å². The molecule has 0 spiro atoms. The lowest BCUT2D eigenvalue weighted by molar-refractivity contribution is 0.0959. The first-order valence-electron chi connectivity index (χ1n) is 10.8. The third kappa shape index (κ3) is 4.64. The van der Waals surface area contributed by atoms with Crippen LogP contribution in [-0.4, -0.2) is 48.0 Å². The second-order valence-electron chi connectivity index (χ2n) is 8.13. The van der Waals surface area contributed by atoms with E-state index in [0.29, 0.717) is 17.3 Å². The van der Waals surface area contributed by atoms with Crippen molar-refractivity contribution in [3.63, 3.8) is 0 Å². The third-order valence-corrected chi connectivity index (χ3v) is 6.17. The standard InChI is InChI=1S/C25H30N4O2/c1-17-6-4-5-7-20(17)16-29-14-12-19(13-15-29)24-27-22(23(28-24)25(30)26-2)18-8-10-21(31-3)11-9-18/h4-11,19H,12-16H2,1-3H3,(H,26,30)(H,27,28). The fourth-order valence-corrected chi connectivity index (χ4v) is 4.22. The van der Waals surface area contributed by atoms with Gasteiger partial charge in [0.05, 0.1) is 7.11 Å². The van der Waals surface area contributed by atoms with Crippen LogP contribution in [0.15, 0.2) is 48.5 Å². The number of aromatic nitrogens is 2. The van der Waals surface area contributed by atoms with Crippen LogP contribution in [0.25, 0.3) is 11.3 Å². The zero-order chi connectivity index (χ0) is 21.8. The molecular formula is C25H30N4O2. The fourth-order valence-electron chi connectivity index (χ4n) is 4.22. The van der Waals surface area contributed by atoms with Crippen LogP contribution < -0.4 is 10.1 Å². The molecule has 2 N–H and O–H groups in total. The van der Waals surface area contributed by atoms with Crippen LogP contribution in [0.2, 0.25) is 0 Å². The molecule has 6 nitrogen and oxygen atoms in total. The number of H-pyrrole nitrogens is 1. The van der Waals surface area contributed by atoms with Gasteiger partial charge in [-0.15, -0.1) is 0 Å². The van der Waals surface area contributed by atoms with Crippen LogP contribution in [0.5, 0.6) is 5.75 Å². The topological polar surface area (TPSA) is 70.2 Å². The lowest BCUT2D eigenvalue weighted by atomic mass is 9.95. The monoisotopic (exact) mass is 418 g/mol. The van der Waals surface area contributed by atoms with Gasteiger partial charge in [-0.3, -0.25) is 9.69 Å². The quantitative estimate of drug-likeness (QED) is 0.631. The molecule has 0 atom stereocenters. The summed E-state index contributed by atoms with van der Waals surface area (Å²) in [5, 5.41) is 2.73. The van der Waals surface area contributed by atoms with Gasteiger partial charge in [-0.2, -0.15) is 0 Å². The number of aromatic amines is 1. The number of hydrogen-bond acceptors (Lipinski definition) is 4. The number of nitrogens with zero attached hydrogens (tertiary/aromatic N) is 2. The summed E-state index contributed by atoms with van der Waals surface area (Å²) in [5.41, 5.74) is 4.85. The molecule has 0 unspecified atom stereocenters. The Hall–Kier alpha value is -3.12. The minimum atomic E-state index is -0.151. The average Bonchev–Trinajstić information content (AvgIpc) is 3.26. The highest BCUT2D eigenvalue weighted by molar-refractivity contribution is 5.98. The van der Waals surface area contributed by atoms with E-state index in [2.05, 4.69) is 46.4 Å². The second kappa shape index (κ2) is 9.35. The molecule has 0 radical (unpaired) electrons. The summed E-state index contributed by atoms with van der Waals surface area (Å²) in [5.74, 6) is 1.85. The summed E-state index contributed by atoms with van der Waals surface area (Å²) >= 11 is 0. The van der Waals surface area contributed by atoms with Crippen molar-refractivity contribution in [3.8, 4) is 17.0 Å². The maximum Gasteiger partial charge on any atom is 0.269 e. The van der Waals surface area contributed by atoms with E-state index in [9.17, 15) is 4.79 Å². The number of likely N-dealkylation sites (tertiary alicyclic amines) is 1. The summed E-state index contributed by atoms with van der Waals surface area (Å²) in [6.07, 6.45) is 2.04. The van der Waals surface area contributed by atoms with Gasteiger partial charge < -0.3 is 15.0 Å². The van der Waals surface area contributed by atoms with Crippen molar-refractivity contribution in [1.82, 2.24) is 20.2 Å². The smallest absolute Gasteiger partial charge is 0.269 e. The van der Waals surface area contributed by atoms with Crippen molar-refractivity contribution >= 4 is 5.91 Å². The Morgan fingerprint density at radius 1 is 1.16 bits per heavy atom. The number of amides is 1. The van der Waals surface area contributed by atoms with Gasteiger partial charge in [0.1, 0.15) is 23.0 Å².